The van der Waals surface area contributed by atoms with Gasteiger partial charge in [-0.15, -0.1) is 0 Å². The molecular formula is C14H17BrN2. The van der Waals surface area contributed by atoms with Gasteiger partial charge in [-0.05, 0) is 53.4 Å². The Morgan fingerprint density at radius 1 is 1.24 bits per heavy atom. The highest BCUT2D eigenvalue weighted by atomic mass is 79.9. The van der Waals surface area contributed by atoms with Crippen LogP contribution in [-0.2, 0) is 0 Å². The minimum Gasteiger partial charge on any atom is -0.315 e. The van der Waals surface area contributed by atoms with Gasteiger partial charge >= 0.3 is 0 Å². The van der Waals surface area contributed by atoms with Gasteiger partial charge in [0.25, 0.3) is 0 Å². The van der Waals surface area contributed by atoms with Crippen molar-refractivity contribution in [3.05, 3.63) is 28.5 Å². The Morgan fingerprint density at radius 2 is 2.00 bits per heavy atom. The van der Waals surface area contributed by atoms with Crippen LogP contribution in [0.2, 0.25) is 0 Å². The van der Waals surface area contributed by atoms with Gasteiger partial charge in [0.05, 0.1) is 11.0 Å². The molecule has 1 aliphatic rings. The largest absolute Gasteiger partial charge is 0.315 e. The third-order valence-electron chi connectivity index (χ3n) is 3.74. The van der Waals surface area contributed by atoms with Crippen LogP contribution in [0.1, 0.15) is 43.7 Å². The Balaban J connectivity index is 2.13. The van der Waals surface area contributed by atoms with Crippen LogP contribution in [0.15, 0.2) is 22.9 Å². The zero-order valence-electron chi connectivity index (χ0n) is 10.1. The van der Waals surface area contributed by atoms with Crippen molar-refractivity contribution in [3.8, 4) is 0 Å². The fraction of sp³-hybridized carbons (Fsp3) is 0.500. The number of nitrogens with zero attached hydrogens (tertiary/aromatic N) is 2. The van der Waals surface area contributed by atoms with Crippen molar-refractivity contribution in [1.82, 2.24) is 9.55 Å². The summed E-state index contributed by atoms with van der Waals surface area (Å²) in [7, 11) is 0. The number of halogens is 1. The van der Waals surface area contributed by atoms with Crippen molar-refractivity contribution in [2.75, 3.05) is 0 Å². The molecule has 2 aromatic rings. The van der Waals surface area contributed by atoms with Crippen LogP contribution in [0, 0.1) is 6.92 Å². The summed E-state index contributed by atoms with van der Waals surface area (Å²) in [5.41, 5.74) is 3.69. The maximum absolute atomic E-state index is 4.61. The van der Waals surface area contributed by atoms with Crippen molar-refractivity contribution >= 4 is 27.0 Å². The van der Waals surface area contributed by atoms with E-state index in [9.17, 15) is 0 Å². The van der Waals surface area contributed by atoms with Gasteiger partial charge in [-0.2, -0.15) is 0 Å². The lowest BCUT2D eigenvalue weighted by Crippen LogP contribution is -2.12. The standard InChI is InChI=1S/C14H17BrN2/c1-10-7-8-12-13(9-10)17(14(15)16-12)11-5-3-2-4-6-11/h7-9,11H,2-6H2,1H3. The van der Waals surface area contributed by atoms with Crippen LogP contribution in [0.5, 0.6) is 0 Å². The maximum Gasteiger partial charge on any atom is 0.178 e. The van der Waals surface area contributed by atoms with Crippen molar-refractivity contribution in [2.24, 2.45) is 0 Å². The molecule has 0 atom stereocenters. The topological polar surface area (TPSA) is 17.8 Å². The summed E-state index contributed by atoms with van der Waals surface area (Å²) in [5.74, 6) is 0. The predicted molar refractivity (Wildman–Crippen MR) is 74.3 cm³/mol. The normalized spacial score (nSPS) is 17.8. The zero-order chi connectivity index (χ0) is 11.8. The van der Waals surface area contributed by atoms with E-state index in [2.05, 4.69) is 50.6 Å². The Labute approximate surface area is 110 Å². The third-order valence-corrected chi connectivity index (χ3v) is 4.30. The fourth-order valence-corrected chi connectivity index (χ4v) is 3.53. The Hall–Kier alpha value is -0.830. The lowest BCUT2D eigenvalue weighted by Gasteiger charge is -2.24. The molecular weight excluding hydrogens is 276 g/mol. The van der Waals surface area contributed by atoms with Crippen molar-refractivity contribution in [1.29, 1.82) is 0 Å². The number of imidazole rings is 1. The van der Waals surface area contributed by atoms with E-state index >= 15 is 0 Å². The van der Waals surface area contributed by atoms with Crippen LogP contribution in [0.3, 0.4) is 0 Å². The second-order valence-electron chi connectivity index (χ2n) is 5.03. The molecule has 3 rings (SSSR count). The summed E-state index contributed by atoms with van der Waals surface area (Å²) >= 11 is 3.62. The van der Waals surface area contributed by atoms with Crippen molar-refractivity contribution < 1.29 is 0 Å². The first-order valence-electron chi connectivity index (χ1n) is 6.40. The van der Waals surface area contributed by atoms with Gasteiger partial charge in [0.1, 0.15) is 0 Å². The average molecular weight is 293 g/mol. The molecule has 0 amide bonds. The summed E-state index contributed by atoms with van der Waals surface area (Å²) in [6.45, 7) is 2.14. The second kappa shape index (κ2) is 4.45. The van der Waals surface area contributed by atoms with Crippen molar-refractivity contribution in [2.45, 2.75) is 45.1 Å². The fourth-order valence-electron chi connectivity index (χ4n) is 2.86. The number of aryl methyl sites for hydroxylation is 1. The second-order valence-corrected chi connectivity index (χ2v) is 5.74. The van der Waals surface area contributed by atoms with Gasteiger partial charge in [0.15, 0.2) is 4.73 Å². The van der Waals surface area contributed by atoms with Gasteiger partial charge in [-0.25, -0.2) is 4.98 Å². The molecule has 0 spiro atoms. The summed E-state index contributed by atoms with van der Waals surface area (Å²) in [6, 6.07) is 7.13. The van der Waals surface area contributed by atoms with E-state index in [1.165, 1.54) is 43.2 Å². The van der Waals surface area contributed by atoms with E-state index in [0.29, 0.717) is 6.04 Å². The van der Waals surface area contributed by atoms with E-state index in [1.807, 2.05) is 0 Å². The molecule has 3 heteroatoms. The molecule has 17 heavy (non-hydrogen) atoms. The molecule has 0 aliphatic heterocycles. The monoisotopic (exact) mass is 292 g/mol. The van der Waals surface area contributed by atoms with E-state index in [4.69, 9.17) is 0 Å². The van der Waals surface area contributed by atoms with E-state index in [0.717, 1.165) is 10.3 Å². The van der Waals surface area contributed by atoms with E-state index in [1.54, 1.807) is 0 Å². The van der Waals surface area contributed by atoms with E-state index < -0.39 is 0 Å². The Bertz CT molecular complexity index is 538. The van der Waals surface area contributed by atoms with Gasteiger partial charge < -0.3 is 4.57 Å². The number of hydrogen-bond donors (Lipinski definition) is 0. The zero-order valence-corrected chi connectivity index (χ0v) is 11.7. The molecule has 1 aromatic carbocycles. The molecule has 1 fully saturated rings. The van der Waals surface area contributed by atoms with Crippen LogP contribution in [0.25, 0.3) is 11.0 Å². The molecule has 1 heterocycles. The molecule has 0 radical (unpaired) electrons. The summed E-state index contributed by atoms with van der Waals surface area (Å²) in [5, 5.41) is 0. The number of aromatic nitrogens is 2. The smallest absolute Gasteiger partial charge is 0.178 e. The van der Waals surface area contributed by atoms with Gasteiger partial charge in [0, 0.05) is 6.04 Å². The number of benzene rings is 1. The first-order chi connectivity index (χ1) is 8.25. The SMILES string of the molecule is Cc1ccc2nc(Br)n(C3CCCCC3)c2c1. The summed E-state index contributed by atoms with van der Waals surface area (Å²) < 4.78 is 3.38. The average Bonchev–Trinajstić information content (AvgIpc) is 2.65. The molecule has 0 unspecified atom stereocenters. The molecule has 1 aromatic heterocycles. The number of fused-ring (bicyclic) bond motifs is 1. The lowest BCUT2D eigenvalue weighted by molar-refractivity contribution is 0.355. The first kappa shape index (κ1) is 11.3. The quantitative estimate of drug-likeness (QED) is 0.750. The number of hydrogen-bond acceptors (Lipinski definition) is 1. The van der Waals surface area contributed by atoms with Crippen LogP contribution in [-0.4, -0.2) is 9.55 Å². The van der Waals surface area contributed by atoms with Crippen LogP contribution < -0.4 is 0 Å². The van der Waals surface area contributed by atoms with Gasteiger partial charge in [-0.3, -0.25) is 0 Å². The van der Waals surface area contributed by atoms with Gasteiger partial charge in [0.2, 0.25) is 0 Å². The lowest BCUT2D eigenvalue weighted by atomic mass is 9.95. The molecule has 2 nitrogen and oxygen atoms in total. The molecule has 1 saturated carbocycles. The maximum atomic E-state index is 4.61. The highest BCUT2D eigenvalue weighted by Crippen LogP contribution is 2.34. The van der Waals surface area contributed by atoms with Crippen LogP contribution in [0.4, 0.5) is 0 Å². The minimum atomic E-state index is 0.630. The predicted octanol–water partition coefficient (Wildman–Crippen LogP) is 4.61. The summed E-state index contributed by atoms with van der Waals surface area (Å²) in [4.78, 5) is 4.61. The third kappa shape index (κ3) is 2.01. The summed E-state index contributed by atoms with van der Waals surface area (Å²) in [6.07, 6.45) is 6.67. The van der Waals surface area contributed by atoms with Gasteiger partial charge in [-0.1, -0.05) is 25.3 Å². The molecule has 1 aliphatic carbocycles. The first-order valence-corrected chi connectivity index (χ1v) is 7.19. The Kier molecular flexibility index (Phi) is 2.95. The molecule has 0 N–H and O–H groups in total. The highest BCUT2D eigenvalue weighted by molar-refractivity contribution is 9.10. The van der Waals surface area contributed by atoms with Crippen LogP contribution >= 0.6 is 15.9 Å². The molecule has 90 valence electrons. The van der Waals surface area contributed by atoms with E-state index in [-0.39, 0.29) is 0 Å². The molecule has 0 saturated heterocycles. The highest BCUT2D eigenvalue weighted by Gasteiger charge is 2.20. The Morgan fingerprint density at radius 3 is 2.76 bits per heavy atom. The van der Waals surface area contributed by atoms with Crippen molar-refractivity contribution in [3.63, 3.8) is 0 Å². The molecule has 0 bridgehead atoms. The minimum absolute atomic E-state index is 0.630. The number of rotatable bonds is 1.